The normalized spacial score (nSPS) is 24.3. The number of benzene rings is 1. The number of hydrogen-bond donors (Lipinski definition) is 4. The Morgan fingerprint density at radius 2 is 2.07 bits per heavy atom. The smallest absolute Gasteiger partial charge is 0.320 e. The fraction of sp³-hybridized carbons (Fsp3) is 0.389. The van der Waals surface area contributed by atoms with Crippen LogP contribution in [-0.4, -0.2) is 66.4 Å². The summed E-state index contributed by atoms with van der Waals surface area (Å²) >= 11 is 5.98. The van der Waals surface area contributed by atoms with Crippen molar-refractivity contribution in [3.63, 3.8) is 0 Å². The molecule has 0 bridgehead atoms. The van der Waals surface area contributed by atoms with Gasteiger partial charge in [0.15, 0.2) is 23.2 Å². The molecular formula is C18H20ClN5O5. The van der Waals surface area contributed by atoms with E-state index in [0.29, 0.717) is 23.6 Å². The topological polar surface area (TPSA) is 149 Å². The summed E-state index contributed by atoms with van der Waals surface area (Å²) in [6.07, 6.45) is -2.44. The van der Waals surface area contributed by atoms with Crippen molar-refractivity contribution < 1.29 is 24.8 Å². The van der Waals surface area contributed by atoms with Gasteiger partial charge < -0.3 is 30.5 Å². The molecule has 0 aliphatic carbocycles. The third-order valence-electron chi connectivity index (χ3n) is 4.73. The summed E-state index contributed by atoms with van der Waals surface area (Å²) in [5, 5.41) is 30.2. The van der Waals surface area contributed by atoms with Gasteiger partial charge in [-0.1, -0.05) is 23.7 Å². The number of rotatable bonds is 6. The minimum absolute atomic E-state index is 0.0468. The minimum Gasteiger partial charge on any atom is -0.463 e. The van der Waals surface area contributed by atoms with E-state index in [2.05, 4.69) is 15.0 Å². The lowest BCUT2D eigenvalue weighted by atomic mass is 10.1. The molecule has 4 atom stereocenters. The minimum atomic E-state index is -1.27. The van der Waals surface area contributed by atoms with Gasteiger partial charge in [0.25, 0.3) is 0 Å². The molecule has 1 aromatic carbocycles. The first-order valence-corrected chi connectivity index (χ1v) is 9.35. The fourth-order valence-corrected chi connectivity index (χ4v) is 3.44. The van der Waals surface area contributed by atoms with Crippen molar-refractivity contribution in [1.29, 1.82) is 0 Å². The third-order valence-corrected chi connectivity index (χ3v) is 4.97. The SMILES string of the molecule is Nc1nc(OCCc2cccc(Cl)c2)nc2c1ncn2[C@@H]1O[C@H](CO)C(O)C1O. The number of halogens is 1. The zero-order valence-electron chi connectivity index (χ0n) is 15.2. The molecule has 5 N–H and O–H groups in total. The van der Waals surface area contributed by atoms with Gasteiger partial charge >= 0.3 is 6.01 Å². The van der Waals surface area contributed by atoms with E-state index in [0.717, 1.165) is 5.56 Å². The number of ether oxygens (including phenoxy) is 2. The number of anilines is 1. The second-order valence-corrected chi connectivity index (χ2v) is 7.11. The van der Waals surface area contributed by atoms with Gasteiger partial charge in [-0.15, -0.1) is 0 Å². The number of nitrogens with zero attached hydrogens (tertiary/aromatic N) is 4. The van der Waals surface area contributed by atoms with Crippen molar-refractivity contribution in [2.24, 2.45) is 0 Å². The van der Waals surface area contributed by atoms with Crippen LogP contribution in [0.1, 0.15) is 11.8 Å². The standard InChI is InChI=1S/C18H20ClN5O5/c19-10-3-1-2-9(6-10)4-5-28-18-22-15(20)12-16(23-18)24(8-21-12)17-14(27)13(26)11(7-25)29-17/h1-3,6,8,11,13-14,17,25-27H,4-5,7H2,(H2,20,22,23)/t11-,13?,14?,17-/m1/s1. The Kier molecular flexibility index (Phi) is 5.52. The highest BCUT2D eigenvalue weighted by Gasteiger charge is 2.44. The molecule has 1 aliphatic rings. The predicted molar refractivity (Wildman–Crippen MR) is 103 cm³/mol. The lowest BCUT2D eigenvalue weighted by Gasteiger charge is -2.16. The van der Waals surface area contributed by atoms with Gasteiger partial charge in [-0.25, -0.2) is 4.98 Å². The highest BCUT2D eigenvalue weighted by molar-refractivity contribution is 6.30. The van der Waals surface area contributed by atoms with Gasteiger partial charge in [0.1, 0.15) is 18.3 Å². The average Bonchev–Trinajstić information content (AvgIpc) is 3.24. The molecule has 10 nitrogen and oxygen atoms in total. The van der Waals surface area contributed by atoms with Crippen LogP contribution in [0.5, 0.6) is 6.01 Å². The van der Waals surface area contributed by atoms with Crippen LogP contribution in [0.25, 0.3) is 11.2 Å². The monoisotopic (exact) mass is 421 g/mol. The molecule has 2 unspecified atom stereocenters. The van der Waals surface area contributed by atoms with Gasteiger partial charge in [-0.05, 0) is 17.7 Å². The lowest BCUT2D eigenvalue weighted by molar-refractivity contribution is -0.0511. The van der Waals surface area contributed by atoms with E-state index in [9.17, 15) is 15.3 Å². The zero-order valence-corrected chi connectivity index (χ0v) is 16.0. The van der Waals surface area contributed by atoms with Crippen molar-refractivity contribution in [1.82, 2.24) is 19.5 Å². The van der Waals surface area contributed by atoms with Gasteiger partial charge in [-0.2, -0.15) is 9.97 Å². The van der Waals surface area contributed by atoms with E-state index >= 15 is 0 Å². The van der Waals surface area contributed by atoms with Crippen LogP contribution in [0.3, 0.4) is 0 Å². The van der Waals surface area contributed by atoms with Crippen molar-refractivity contribution in [2.45, 2.75) is 31.0 Å². The average molecular weight is 422 g/mol. The number of aliphatic hydroxyl groups is 3. The molecule has 1 aliphatic heterocycles. The fourth-order valence-electron chi connectivity index (χ4n) is 3.23. The second-order valence-electron chi connectivity index (χ2n) is 6.67. The molecule has 4 rings (SSSR count). The van der Waals surface area contributed by atoms with Crippen LogP contribution in [0, 0.1) is 0 Å². The molecule has 0 radical (unpaired) electrons. The zero-order chi connectivity index (χ0) is 20.5. The molecule has 3 aromatic rings. The molecule has 0 spiro atoms. The first kappa shape index (κ1) is 19.8. The summed E-state index contributed by atoms with van der Waals surface area (Å²) in [5.41, 5.74) is 7.57. The van der Waals surface area contributed by atoms with Crippen LogP contribution in [0.15, 0.2) is 30.6 Å². The van der Waals surface area contributed by atoms with Gasteiger partial charge in [0.2, 0.25) is 0 Å². The lowest BCUT2D eigenvalue weighted by Crippen LogP contribution is -2.33. The number of hydrogen-bond acceptors (Lipinski definition) is 9. The predicted octanol–water partition coefficient (Wildman–Crippen LogP) is 0.295. The Morgan fingerprint density at radius 3 is 2.79 bits per heavy atom. The molecule has 11 heteroatoms. The number of fused-ring (bicyclic) bond motifs is 1. The van der Waals surface area contributed by atoms with Gasteiger partial charge in [0.05, 0.1) is 19.5 Å². The van der Waals surface area contributed by atoms with Crippen LogP contribution < -0.4 is 10.5 Å². The molecule has 2 aromatic heterocycles. The number of nitrogen functional groups attached to an aromatic ring is 1. The Hall–Kier alpha value is -2.50. The Balaban J connectivity index is 1.55. The Bertz CT molecular complexity index is 1020. The number of aromatic nitrogens is 4. The first-order valence-electron chi connectivity index (χ1n) is 8.97. The van der Waals surface area contributed by atoms with Crippen LogP contribution in [-0.2, 0) is 11.2 Å². The molecule has 3 heterocycles. The first-order chi connectivity index (χ1) is 14.0. The number of aliphatic hydroxyl groups excluding tert-OH is 3. The van der Waals surface area contributed by atoms with Crippen molar-refractivity contribution in [3.8, 4) is 6.01 Å². The summed E-state index contributed by atoms with van der Waals surface area (Å²) in [6, 6.07) is 7.48. The molecule has 0 saturated carbocycles. The molecule has 1 saturated heterocycles. The van der Waals surface area contributed by atoms with Crippen molar-refractivity contribution >= 4 is 28.6 Å². The Labute approximate surface area is 170 Å². The maximum Gasteiger partial charge on any atom is 0.320 e. The summed E-state index contributed by atoms with van der Waals surface area (Å²) in [6.45, 7) is -0.135. The summed E-state index contributed by atoms with van der Waals surface area (Å²) in [4.78, 5) is 12.6. The van der Waals surface area contributed by atoms with Gasteiger partial charge in [-0.3, -0.25) is 4.57 Å². The van der Waals surface area contributed by atoms with Crippen LogP contribution >= 0.6 is 11.6 Å². The molecule has 154 valence electrons. The molecule has 29 heavy (non-hydrogen) atoms. The van der Waals surface area contributed by atoms with Crippen molar-refractivity contribution in [2.75, 3.05) is 18.9 Å². The second kappa shape index (κ2) is 8.09. The third kappa shape index (κ3) is 3.85. The summed E-state index contributed by atoms with van der Waals surface area (Å²) in [7, 11) is 0. The van der Waals surface area contributed by atoms with E-state index in [-0.39, 0.29) is 17.5 Å². The van der Waals surface area contributed by atoms with Crippen LogP contribution in [0.4, 0.5) is 5.82 Å². The van der Waals surface area contributed by atoms with E-state index in [1.807, 2.05) is 18.2 Å². The highest BCUT2D eigenvalue weighted by Crippen LogP contribution is 2.32. The molecule has 0 amide bonds. The van der Waals surface area contributed by atoms with E-state index < -0.39 is 31.1 Å². The van der Waals surface area contributed by atoms with E-state index in [1.165, 1.54) is 10.9 Å². The molecular weight excluding hydrogens is 402 g/mol. The summed E-state index contributed by atoms with van der Waals surface area (Å²) < 4.78 is 12.6. The summed E-state index contributed by atoms with van der Waals surface area (Å²) in [5.74, 6) is 0.109. The Morgan fingerprint density at radius 1 is 1.24 bits per heavy atom. The quantitative estimate of drug-likeness (QED) is 0.440. The molecule has 1 fully saturated rings. The largest absolute Gasteiger partial charge is 0.463 e. The van der Waals surface area contributed by atoms with Crippen LogP contribution in [0.2, 0.25) is 5.02 Å². The van der Waals surface area contributed by atoms with E-state index in [4.69, 9.17) is 26.8 Å². The van der Waals surface area contributed by atoms with E-state index in [1.54, 1.807) is 6.07 Å². The maximum absolute atomic E-state index is 10.3. The van der Waals surface area contributed by atoms with Gasteiger partial charge in [0, 0.05) is 11.4 Å². The number of imidazole rings is 1. The van der Waals surface area contributed by atoms with Crippen molar-refractivity contribution in [3.05, 3.63) is 41.2 Å². The highest BCUT2D eigenvalue weighted by atomic mass is 35.5. The maximum atomic E-state index is 10.3. The number of nitrogens with two attached hydrogens (primary N) is 1.